The van der Waals surface area contributed by atoms with Crippen molar-refractivity contribution in [1.82, 2.24) is 9.97 Å². The molecule has 0 aliphatic rings. The lowest BCUT2D eigenvalue weighted by Crippen LogP contribution is -1.95. The Kier molecular flexibility index (Phi) is 3.36. The third-order valence-electron chi connectivity index (χ3n) is 3.40. The lowest BCUT2D eigenvalue weighted by Gasteiger charge is -2.09. The Labute approximate surface area is 127 Å². The predicted octanol–water partition coefficient (Wildman–Crippen LogP) is 5.22. The molecule has 0 amide bonds. The zero-order valence-electron chi connectivity index (χ0n) is 11.1. The van der Waals surface area contributed by atoms with Crippen molar-refractivity contribution < 1.29 is 0 Å². The maximum Gasteiger partial charge on any atom is 0.161 e. The van der Waals surface area contributed by atoms with Crippen LogP contribution < -0.4 is 0 Å². The Morgan fingerprint density at radius 2 is 1.65 bits per heavy atom. The highest BCUT2D eigenvalue weighted by atomic mass is 35.5. The number of aryl methyl sites for hydroxylation is 1. The summed E-state index contributed by atoms with van der Waals surface area (Å²) in [5.74, 6) is 0.605. The zero-order chi connectivity index (χ0) is 14.3. The molecule has 0 N–H and O–H groups in total. The number of aromatic nitrogens is 2. The van der Waals surface area contributed by atoms with Gasteiger partial charge in [-0.2, -0.15) is 0 Å². The van der Waals surface area contributed by atoms with Crippen molar-refractivity contribution in [2.45, 2.75) is 13.8 Å². The Morgan fingerprint density at radius 3 is 2.45 bits per heavy atom. The topological polar surface area (TPSA) is 25.8 Å². The number of hydrogen-bond donors (Lipinski definition) is 0. The molecular formula is C16H12Cl2N2. The summed E-state index contributed by atoms with van der Waals surface area (Å²) in [7, 11) is 0. The number of fused-ring (bicyclic) bond motifs is 1. The number of halogens is 2. The largest absolute Gasteiger partial charge is 0.228 e. The summed E-state index contributed by atoms with van der Waals surface area (Å²) >= 11 is 12.5. The molecule has 1 heterocycles. The van der Waals surface area contributed by atoms with Gasteiger partial charge in [0.05, 0.1) is 5.52 Å². The Balaban J connectivity index is 2.31. The number of benzene rings is 2. The van der Waals surface area contributed by atoms with Gasteiger partial charge in [0, 0.05) is 16.0 Å². The van der Waals surface area contributed by atoms with Crippen molar-refractivity contribution in [2.75, 3.05) is 0 Å². The first-order valence-electron chi connectivity index (χ1n) is 6.26. The molecule has 0 aliphatic carbocycles. The van der Waals surface area contributed by atoms with E-state index >= 15 is 0 Å². The third-order valence-corrected chi connectivity index (χ3v) is 4.08. The van der Waals surface area contributed by atoms with E-state index in [4.69, 9.17) is 23.2 Å². The molecular weight excluding hydrogens is 291 g/mol. The van der Waals surface area contributed by atoms with Crippen LogP contribution in [0.5, 0.6) is 0 Å². The van der Waals surface area contributed by atoms with Crippen LogP contribution in [-0.4, -0.2) is 9.97 Å². The van der Waals surface area contributed by atoms with Crippen LogP contribution in [0.3, 0.4) is 0 Å². The third kappa shape index (κ3) is 2.15. The average Bonchev–Trinajstić information content (AvgIpc) is 2.41. The van der Waals surface area contributed by atoms with E-state index in [1.807, 2.05) is 50.2 Å². The predicted molar refractivity (Wildman–Crippen MR) is 84.5 cm³/mol. The number of rotatable bonds is 1. The second-order valence-electron chi connectivity index (χ2n) is 4.72. The quantitative estimate of drug-likeness (QED) is 0.576. The molecule has 2 aromatic carbocycles. The second kappa shape index (κ2) is 5.04. The molecule has 4 heteroatoms. The molecule has 0 saturated heterocycles. The van der Waals surface area contributed by atoms with E-state index in [-0.39, 0.29) is 0 Å². The minimum absolute atomic E-state index is 0.475. The lowest BCUT2D eigenvalue weighted by atomic mass is 10.1. The Morgan fingerprint density at radius 1 is 0.900 bits per heavy atom. The van der Waals surface area contributed by atoms with E-state index in [0.29, 0.717) is 16.0 Å². The standard InChI is InChI=1S/C16H12Cl2N2/c1-9-5-3-8-13-14(9)15(18)20-16(19-13)11-6-4-7-12(17)10(11)2/h3-8H,1-2H3. The molecule has 0 aliphatic heterocycles. The minimum atomic E-state index is 0.475. The van der Waals surface area contributed by atoms with Gasteiger partial charge >= 0.3 is 0 Å². The summed E-state index contributed by atoms with van der Waals surface area (Å²) in [6.07, 6.45) is 0. The van der Waals surface area contributed by atoms with Crippen molar-refractivity contribution in [3.63, 3.8) is 0 Å². The summed E-state index contributed by atoms with van der Waals surface area (Å²) in [5.41, 5.74) is 3.78. The summed E-state index contributed by atoms with van der Waals surface area (Å²) in [5, 5.41) is 2.08. The first-order valence-corrected chi connectivity index (χ1v) is 7.02. The van der Waals surface area contributed by atoms with Crippen molar-refractivity contribution in [3.8, 4) is 11.4 Å². The molecule has 2 nitrogen and oxygen atoms in total. The molecule has 0 radical (unpaired) electrons. The SMILES string of the molecule is Cc1c(Cl)cccc1-c1nc(Cl)c2c(C)cccc2n1. The van der Waals surface area contributed by atoms with Gasteiger partial charge < -0.3 is 0 Å². The van der Waals surface area contributed by atoms with Crippen LogP contribution in [0.25, 0.3) is 22.3 Å². The van der Waals surface area contributed by atoms with Gasteiger partial charge in [0.2, 0.25) is 0 Å². The van der Waals surface area contributed by atoms with E-state index in [1.54, 1.807) is 0 Å². The summed E-state index contributed by atoms with van der Waals surface area (Å²) < 4.78 is 0. The van der Waals surface area contributed by atoms with E-state index in [2.05, 4.69) is 9.97 Å². The molecule has 0 spiro atoms. The van der Waals surface area contributed by atoms with Crippen LogP contribution in [-0.2, 0) is 0 Å². The highest BCUT2D eigenvalue weighted by molar-refractivity contribution is 6.34. The maximum absolute atomic E-state index is 6.33. The van der Waals surface area contributed by atoms with Crippen LogP contribution in [0, 0.1) is 13.8 Å². The minimum Gasteiger partial charge on any atom is -0.228 e. The molecule has 0 fully saturated rings. The van der Waals surface area contributed by atoms with Gasteiger partial charge in [0.15, 0.2) is 5.82 Å². The van der Waals surface area contributed by atoms with Crippen molar-refractivity contribution in [2.24, 2.45) is 0 Å². The van der Waals surface area contributed by atoms with Crippen LogP contribution in [0.4, 0.5) is 0 Å². The van der Waals surface area contributed by atoms with Gasteiger partial charge in [-0.15, -0.1) is 0 Å². The molecule has 1 aromatic heterocycles. The monoisotopic (exact) mass is 302 g/mol. The average molecular weight is 303 g/mol. The van der Waals surface area contributed by atoms with Gasteiger partial charge in [-0.3, -0.25) is 0 Å². The highest BCUT2D eigenvalue weighted by Crippen LogP contribution is 2.30. The fourth-order valence-electron chi connectivity index (χ4n) is 2.27. The molecule has 100 valence electrons. The van der Waals surface area contributed by atoms with E-state index < -0.39 is 0 Å². The van der Waals surface area contributed by atoms with Gasteiger partial charge in [-0.1, -0.05) is 47.5 Å². The molecule has 0 atom stereocenters. The Hall–Kier alpha value is -1.64. The Bertz CT molecular complexity index is 813. The van der Waals surface area contributed by atoms with Crippen LogP contribution in [0.15, 0.2) is 36.4 Å². The second-order valence-corrected chi connectivity index (χ2v) is 5.48. The molecule has 3 rings (SSSR count). The van der Waals surface area contributed by atoms with E-state index in [1.165, 1.54) is 0 Å². The van der Waals surface area contributed by atoms with Gasteiger partial charge in [0.25, 0.3) is 0 Å². The molecule has 20 heavy (non-hydrogen) atoms. The van der Waals surface area contributed by atoms with Gasteiger partial charge in [-0.05, 0) is 37.1 Å². The fourth-order valence-corrected chi connectivity index (χ4v) is 2.77. The maximum atomic E-state index is 6.33. The molecule has 0 saturated carbocycles. The molecule has 0 unspecified atom stereocenters. The normalized spacial score (nSPS) is 11.0. The van der Waals surface area contributed by atoms with Crippen molar-refractivity contribution in [3.05, 3.63) is 57.7 Å². The zero-order valence-corrected chi connectivity index (χ0v) is 12.6. The first kappa shape index (κ1) is 13.3. The van der Waals surface area contributed by atoms with Crippen LogP contribution in [0.2, 0.25) is 10.2 Å². The van der Waals surface area contributed by atoms with Crippen LogP contribution >= 0.6 is 23.2 Å². The summed E-state index contributed by atoms with van der Waals surface area (Å²) in [6, 6.07) is 11.6. The molecule has 3 aromatic rings. The van der Waals surface area contributed by atoms with Crippen molar-refractivity contribution in [1.29, 1.82) is 0 Å². The number of nitrogens with zero attached hydrogens (tertiary/aromatic N) is 2. The summed E-state index contributed by atoms with van der Waals surface area (Å²) in [4.78, 5) is 9.04. The van der Waals surface area contributed by atoms with Crippen molar-refractivity contribution >= 4 is 34.1 Å². The summed E-state index contributed by atoms with van der Waals surface area (Å²) in [6.45, 7) is 3.96. The fraction of sp³-hybridized carbons (Fsp3) is 0.125. The smallest absolute Gasteiger partial charge is 0.161 e. The number of hydrogen-bond acceptors (Lipinski definition) is 2. The molecule has 0 bridgehead atoms. The van der Waals surface area contributed by atoms with Gasteiger partial charge in [0.1, 0.15) is 5.15 Å². The van der Waals surface area contributed by atoms with Gasteiger partial charge in [-0.25, -0.2) is 9.97 Å². The lowest BCUT2D eigenvalue weighted by molar-refractivity contribution is 1.21. The van der Waals surface area contributed by atoms with E-state index in [9.17, 15) is 0 Å². The van der Waals surface area contributed by atoms with E-state index in [0.717, 1.165) is 27.6 Å². The first-order chi connectivity index (χ1) is 9.58. The highest BCUT2D eigenvalue weighted by Gasteiger charge is 2.12. The van der Waals surface area contributed by atoms with Crippen LogP contribution in [0.1, 0.15) is 11.1 Å².